The molecule has 2 N–H and O–H groups in total. The Bertz CT molecular complexity index is 1300. The van der Waals surface area contributed by atoms with E-state index in [9.17, 15) is 20.6 Å². The van der Waals surface area contributed by atoms with Crippen molar-refractivity contribution in [3.63, 3.8) is 0 Å². The lowest BCUT2D eigenvalue weighted by molar-refractivity contribution is 0.0898. The molecule has 0 fully saturated rings. The Morgan fingerprint density at radius 1 is 1.15 bits per heavy atom. The van der Waals surface area contributed by atoms with Crippen LogP contribution < -0.4 is 5.73 Å². The number of amides is 1. The van der Waals surface area contributed by atoms with Gasteiger partial charge in [-0.25, -0.2) is 4.79 Å². The number of rotatable bonds is 3. The van der Waals surface area contributed by atoms with E-state index >= 15 is 0 Å². The van der Waals surface area contributed by atoms with Gasteiger partial charge in [-0.3, -0.25) is 0 Å². The van der Waals surface area contributed by atoms with Gasteiger partial charge in [-0.15, -0.1) is 0 Å². The lowest BCUT2D eigenvalue weighted by Gasteiger charge is -2.45. The summed E-state index contributed by atoms with van der Waals surface area (Å²) in [4.78, 5) is 14.4. The molecule has 0 spiro atoms. The maximum absolute atomic E-state index is 12.9. The largest absolute Gasteiger partial charge is 0.445 e. The lowest BCUT2D eigenvalue weighted by Crippen LogP contribution is -2.49. The van der Waals surface area contributed by atoms with Crippen LogP contribution in [-0.4, -0.2) is 24.1 Å². The Morgan fingerprint density at radius 3 is 2.53 bits per heavy atom. The molecular weight excluding hydrogens is 494 g/mol. The summed E-state index contributed by atoms with van der Waals surface area (Å²) < 4.78 is 6.29. The summed E-state index contributed by atoms with van der Waals surface area (Å²) in [6.45, 7) is 0.540. The van der Waals surface area contributed by atoms with Crippen molar-refractivity contribution in [3.05, 3.63) is 93.1 Å². The molecule has 34 heavy (non-hydrogen) atoms. The fraction of sp³-hybridized carbons (Fsp3) is 0.231. The highest BCUT2D eigenvalue weighted by Gasteiger charge is 2.54. The third-order valence-electron chi connectivity index (χ3n) is 6.34. The topological polar surface area (TPSA) is 127 Å². The van der Waals surface area contributed by atoms with Crippen molar-refractivity contribution >= 4 is 22.0 Å². The number of allylic oxidation sites excluding steroid dienone is 2. The van der Waals surface area contributed by atoms with E-state index in [1.54, 1.807) is 6.08 Å². The summed E-state index contributed by atoms with van der Waals surface area (Å²) in [6, 6.07) is 23.0. The quantitative estimate of drug-likeness (QED) is 0.642. The average molecular weight is 514 g/mol. The van der Waals surface area contributed by atoms with E-state index < -0.39 is 23.3 Å². The molecular formula is C26H20BrN5O2. The van der Waals surface area contributed by atoms with Crippen molar-refractivity contribution in [3.8, 4) is 18.2 Å². The normalized spacial score (nSPS) is 20.8. The molecule has 0 unspecified atom stereocenters. The van der Waals surface area contributed by atoms with Crippen LogP contribution in [0.25, 0.3) is 0 Å². The molecule has 2 aliphatic rings. The number of nitrogens with two attached hydrogens (primary N) is 1. The van der Waals surface area contributed by atoms with E-state index in [1.165, 1.54) is 4.90 Å². The summed E-state index contributed by atoms with van der Waals surface area (Å²) in [6.07, 6.45) is 1.26. The van der Waals surface area contributed by atoms with Gasteiger partial charge in [0.25, 0.3) is 0 Å². The number of halogens is 1. The summed E-state index contributed by atoms with van der Waals surface area (Å²) >= 11 is 3.46. The molecule has 0 radical (unpaired) electrons. The van der Waals surface area contributed by atoms with Gasteiger partial charge in [0.1, 0.15) is 12.7 Å². The standard InChI is InChI=1S/C26H20BrN5O2/c27-19-8-4-7-18(11-19)23-22-13-32(25(33)34-14-17-5-2-1-3-6-17)10-9-20(22)21(12-28)24(31)26(23,15-29)16-30/h1-9,11,22-23H,10,13-14,31H2/t22-,23-/m1/s1. The molecule has 1 amide bonds. The lowest BCUT2D eigenvalue weighted by atomic mass is 9.58. The fourth-order valence-corrected chi connectivity index (χ4v) is 5.13. The molecule has 0 bridgehead atoms. The molecule has 1 heterocycles. The van der Waals surface area contributed by atoms with Crippen LogP contribution in [0.1, 0.15) is 17.0 Å². The van der Waals surface area contributed by atoms with Gasteiger partial charge in [-0.1, -0.05) is 64.5 Å². The zero-order chi connectivity index (χ0) is 24.3. The van der Waals surface area contributed by atoms with Crippen LogP contribution in [0.15, 0.2) is 82.0 Å². The van der Waals surface area contributed by atoms with Crippen LogP contribution in [0.5, 0.6) is 0 Å². The van der Waals surface area contributed by atoms with Crippen LogP contribution in [0, 0.1) is 45.3 Å². The minimum Gasteiger partial charge on any atom is -0.445 e. The first-order chi connectivity index (χ1) is 16.4. The highest BCUT2D eigenvalue weighted by molar-refractivity contribution is 9.10. The second-order valence-corrected chi connectivity index (χ2v) is 9.09. The first-order valence-corrected chi connectivity index (χ1v) is 11.4. The minimum atomic E-state index is -1.76. The SMILES string of the molecule is N#CC1=C(N)C(C#N)(C#N)[C@H](c2cccc(Br)c2)[C@@H]2CN(C(=O)OCc3ccccc3)CC=C12. The average Bonchev–Trinajstić information content (AvgIpc) is 2.87. The number of hydrogen-bond donors (Lipinski definition) is 1. The number of fused-ring (bicyclic) bond motifs is 1. The highest BCUT2D eigenvalue weighted by Crippen LogP contribution is 2.54. The molecule has 7 nitrogen and oxygen atoms in total. The molecule has 168 valence electrons. The van der Waals surface area contributed by atoms with Gasteiger partial charge in [-0.2, -0.15) is 15.8 Å². The number of benzene rings is 2. The molecule has 0 saturated carbocycles. The monoisotopic (exact) mass is 513 g/mol. The van der Waals surface area contributed by atoms with Crippen molar-refractivity contribution in [1.82, 2.24) is 4.90 Å². The number of nitrogens with zero attached hydrogens (tertiary/aromatic N) is 4. The third kappa shape index (κ3) is 3.92. The number of carbonyl (C=O) groups excluding carboxylic acids is 1. The van der Waals surface area contributed by atoms with E-state index in [-0.39, 0.29) is 31.0 Å². The second-order valence-electron chi connectivity index (χ2n) is 8.18. The maximum Gasteiger partial charge on any atom is 0.410 e. The molecule has 2 aromatic carbocycles. The van der Waals surface area contributed by atoms with E-state index in [1.807, 2.05) is 54.6 Å². The molecule has 1 aliphatic heterocycles. The molecule has 8 heteroatoms. The smallest absolute Gasteiger partial charge is 0.410 e. The molecule has 2 atom stereocenters. The van der Waals surface area contributed by atoms with Gasteiger partial charge in [0, 0.05) is 29.4 Å². The van der Waals surface area contributed by atoms with Crippen LogP contribution in [-0.2, 0) is 11.3 Å². The number of ether oxygens (including phenoxy) is 1. The summed E-state index contributed by atoms with van der Waals surface area (Å²) in [5.74, 6) is -1.18. The summed E-state index contributed by atoms with van der Waals surface area (Å²) in [5.41, 5.74) is 6.88. The van der Waals surface area contributed by atoms with Gasteiger partial charge in [-0.05, 0) is 28.8 Å². The summed E-state index contributed by atoms with van der Waals surface area (Å²) in [7, 11) is 0. The zero-order valence-corrected chi connectivity index (χ0v) is 19.7. The van der Waals surface area contributed by atoms with E-state index in [0.29, 0.717) is 11.1 Å². The van der Waals surface area contributed by atoms with Crippen molar-refractivity contribution < 1.29 is 9.53 Å². The number of hydrogen-bond acceptors (Lipinski definition) is 6. The Balaban J connectivity index is 1.74. The van der Waals surface area contributed by atoms with Gasteiger partial charge >= 0.3 is 6.09 Å². The van der Waals surface area contributed by atoms with Gasteiger partial charge in [0.05, 0.1) is 23.4 Å². The molecule has 0 saturated heterocycles. The fourth-order valence-electron chi connectivity index (χ4n) is 4.72. The van der Waals surface area contributed by atoms with Crippen LogP contribution >= 0.6 is 15.9 Å². The van der Waals surface area contributed by atoms with Crippen molar-refractivity contribution in [1.29, 1.82) is 15.8 Å². The minimum absolute atomic E-state index is 0.0485. The van der Waals surface area contributed by atoms with Crippen LogP contribution in [0.3, 0.4) is 0 Å². The van der Waals surface area contributed by atoms with Gasteiger partial charge in [0.2, 0.25) is 0 Å². The Kier molecular flexibility index (Phi) is 6.41. The first-order valence-electron chi connectivity index (χ1n) is 10.6. The van der Waals surface area contributed by atoms with Crippen LogP contribution in [0.4, 0.5) is 4.79 Å². The van der Waals surface area contributed by atoms with Crippen molar-refractivity contribution in [2.75, 3.05) is 13.1 Å². The zero-order valence-electron chi connectivity index (χ0n) is 18.1. The van der Waals surface area contributed by atoms with E-state index in [4.69, 9.17) is 10.5 Å². The van der Waals surface area contributed by atoms with E-state index in [0.717, 1.165) is 10.0 Å². The number of carbonyl (C=O) groups is 1. The predicted octanol–water partition coefficient (Wildman–Crippen LogP) is 4.51. The molecule has 2 aromatic rings. The molecule has 4 rings (SSSR count). The van der Waals surface area contributed by atoms with Crippen LogP contribution in [0.2, 0.25) is 0 Å². The highest BCUT2D eigenvalue weighted by atomic mass is 79.9. The molecule has 0 aromatic heterocycles. The summed E-state index contributed by atoms with van der Waals surface area (Å²) in [5, 5.41) is 30.2. The predicted molar refractivity (Wildman–Crippen MR) is 127 cm³/mol. The van der Waals surface area contributed by atoms with Gasteiger partial charge in [0.15, 0.2) is 5.41 Å². The Hall–Kier alpha value is -4.06. The third-order valence-corrected chi connectivity index (χ3v) is 6.83. The van der Waals surface area contributed by atoms with Gasteiger partial charge < -0.3 is 15.4 Å². The van der Waals surface area contributed by atoms with Crippen molar-refractivity contribution in [2.45, 2.75) is 12.5 Å². The number of nitriles is 3. The molecule has 1 aliphatic carbocycles. The maximum atomic E-state index is 12.9. The van der Waals surface area contributed by atoms with E-state index in [2.05, 4.69) is 34.1 Å². The van der Waals surface area contributed by atoms with Crippen molar-refractivity contribution in [2.24, 2.45) is 17.1 Å². The Labute approximate surface area is 206 Å². The first kappa shape index (κ1) is 23.1. The Morgan fingerprint density at radius 2 is 1.88 bits per heavy atom. The second kappa shape index (κ2) is 9.43.